The van der Waals surface area contributed by atoms with E-state index < -0.39 is 15.9 Å². The Hall–Kier alpha value is -2.52. The number of carbonyl (C=O) groups excluding carboxylic acids is 1. The van der Waals surface area contributed by atoms with Crippen molar-refractivity contribution in [1.82, 2.24) is 4.90 Å². The molecule has 2 saturated carbocycles. The summed E-state index contributed by atoms with van der Waals surface area (Å²) in [4.78, 5) is 17.8. The van der Waals surface area contributed by atoms with Gasteiger partial charge in [-0.15, -0.1) is 0 Å². The highest BCUT2D eigenvalue weighted by molar-refractivity contribution is 7.92. The van der Waals surface area contributed by atoms with Crippen molar-refractivity contribution in [2.75, 3.05) is 35.5 Å². The van der Waals surface area contributed by atoms with Gasteiger partial charge in [-0.2, -0.15) is 0 Å². The van der Waals surface area contributed by atoms with Crippen molar-refractivity contribution in [3.05, 3.63) is 59.2 Å². The average Bonchev–Trinajstić information content (AvgIpc) is 3.56. The molecule has 2 heterocycles. The SMILES string of the molecule is CS(=O)(=O)Nc1ccc2c(c1)C1(CCC3(CC3)CC1)CN2C(=O)c1cccc(CN2CCC(F)(F)CC2)c1. The molecule has 0 aromatic heterocycles. The van der Waals surface area contributed by atoms with Crippen LogP contribution < -0.4 is 9.62 Å². The maximum absolute atomic E-state index is 13.9. The summed E-state index contributed by atoms with van der Waals surface area (Å²) in [7, 11) is -3.42. The Morgan fingerprint density at radius 2 is 1.63 bits per heavy atom. The molecule has 2 aliphatic carbocycles. The summed E-state index contributed by atoms with van der Waals surface area (Å²) in [5, 5.41) is 0. The lowest BCUT2D eigenvalue weighted by Crippen LogP contribution is -2.40. The van der Waals surface area contributed by atoms with Gasteiger partial charge in [0.05, 0.1) is 6.26 Å². The van der Waals surface area contributed by atoms with Gasteiger partial charge in [-0.05, 0) is 85.4 Å². The summed E-state index contributed by atoms with van der Waals surface area (Å²) in [6, 6.07) is 13.0. The third-order valence-corrected chi connectivity index (χ3v) is 9.87. The molecule has 1 N–H and O–H groups in total. The van der Waals surface area contributed by atoms with Crippen LogP contribution in [0.25, 0.3) is 0 Å². The fraction of sp³-hybridized carbons (Fsp3) is 0.552. The number of carbonyl (C=O) groups is 1. The Morgan fingerprint density at radius 3 is 2.29 bits per heavy atom. The minimum atomic E-state index is -3.42. The van der Waals surface area contributed by atoms with Crippen molar-refractivity contribution < 1.29 is 22.0 Å². The molecule has 0 atom stereocenters. The number of nitrogens with one attached hydrogen (secondary N) is 1. The van der Waals surface area contributed by atoms with Gasteiger partial charge in [0.1, 0.15) is 0 Å². The first-order valence-electron chi connectivity index (χ1n) is 13.6. The van der Waals surface area contributed by atoms with E-state index in [0.29, 0.717) is 42.8 Å². The van der Waals surface area contributed by atoms with Crippen LogP contribution in [0.15, 0.2) is 42.5 Å². The number of anilines is 2. The molecule has 0 bridgehead atoms. The van der Waals surface area contributed by atoms with Crippen LogP contribution >= 0.6 is 0 Å². The van der Waals surface area contributed by atoms with E-state index >= 15 is 0 Å². The van der Waals surface area contributed by atoms with Crippen molar-refractivity contribution in [2.24, 2.45) is 5.41 Å². The van der Waals surface area contributed by atoms with E-state index in [1.54, 1.807) is 6.07 Å². The number of likely N-dealkylation sites (tertiary alicyclic amines) is 1. The number of sulfonamides is 1. The molecule has 3 fully saturated rings. The molecule has 4 aliphatic rings. The first kappa shape index (κ1) is 25.7. The molecule has 0 radical (unpaired) electrons. The van der Waals surface area contributed by atoms with E-state index in [1.165, 1.54) is 12.8 Å². The number of hydrogen-bond donors (Lipinski definition) is 1. The van der Waals surface area contributed by atoms with Gasteiger partial charge < -0.3 is 4.90 Å². The third-order valence-electron chi connectivity index (χ3n) is 9.26. The number of benzene rings is 2. The molecule has 0 unspecified atom stereocenters. The lowest BCUT2D eigenvalue weighted by molar-refractivity contribution is -0.0566. The number of fused-ring (bicyclic) bond motifs is 2. The van der Waals surface area contributed by atoms with Crippen LogP contribution in [0.3, 0.4) is 0 Å². The first-order chi connectivity index (χ1) is 18.0. The lowest BCUT2D eigenvalue weighted by Gasteiger charge is -2.38. The van der Waals surface area contributed by atoms with Gasteiger partial charge in [-0.1, -0.05) is 12.1 Å². The number of nitrogens with zero attached hydrogens (tertiary/aromatic N) is 2. The van der Waals surface area contributed by atoms with E-state index in [4.69, 9.17) is 0 Å². The van der Waals surface area contributed by atoms with Crippen molar-refractivity contribution in [3.63, 3.8) is 0 Å². The first-order valence-corrected chi connectivity index (χ1v) is 15.5. The summed E-state index contributed by atoms with van der Waals surface area (Å²) < 4.78 is 53.6. The minimum absolute atomic E-state index is 0.0781. The standard InChI is InChI=1S/C29H35F2N3O3S/c1-38(36,37)32-23-5-6-25-24(18-23)28(11-9-27(7-8-27)10-12-28)20-34(25)26(35)22-4-2-3-21(17-22)19-33-15-13-29(30,31)14-16-33/h2-6,17-18,32H,7-16,19-20H2,1H3. The smallest absolute Gasteiger partial charge is 0.258 e. The predicted octanol–water partition coefficient (Wildman–Crippen LogP) is 5.54. The second-order valence-corrected chi connectivity index (χ2v) is 13.9. The number of hydrogen-bond acceptors (Lipinski definition) is 4. The second kappa shape index (κ2) is 9.01. The number of halogens is 2. The number of piperidine rings is 1. The molecule has 2 aromatic rings. The van der Waals surface area contributed by atoms with Gasteiger partial charge in [-0.3, -0.25) is 14.4 Å². The summed E-state index contributed by atoms with van der Waals surface area (Å²) in [6.45, 7) is 1.82. The second-order valence-electron chi connectivity index (χ2n) is 12.1. The van der Waals surface area contributed by atoms with Crippen LogP contribution in [-0.4, -0.2) is 51.0 Å². The minimum Gasteiger partial charge on any atom is -0.307 e. The van der Waals surface area contributed by atoms with Crippen molar-refractivity contribution >= 4 is 27.3 Å². The molecule has 6 rings (SSSR count). The average molecular weight is 544 g/mol. The Kier molecular flexibility index (Phi) is 6.11. The van der Waals surface area contributed by atoms with Gasteiger partial charge in [-0.25, -0.2) is 17.2 Å². The molecule has 2 spiro atoms. The van der Waals surface area contributed by atoms with Gasteiger partial charge in [0.25, 0.3) is 11.8 Å². The van der Waals surface area contributed by atoms with Crippen LogP contribution in [0.2, 0.25) is 0 Å². The zero-order valence-electron chi connectivity index (χ0n) is 21.8. The molecule has 6 nitrogen and oxygen atoms in total. The molecule has 1 saturated heterocycles. The number of rotatable bonds is 5. The quantitative estimate of drug-likeness (QED) is 0.538. The zero-order valence-corrected chi connectivity index (χ0v) is 22.6. The zero-order chi connectivity index (χ0) is 26.8. The molecule has 2 aromatic carbocycles. The van der Waals surface area contributed by atoms with E-state index in [1.807, 2.05) is 46.2 Å². The summed E-state index contributed by atoms with van der Waals surface area (Å²) >= 11 is 0. The van der Waals surface area contributed by atoms with Crippen molar-refractivity contribution in [3.8, 4) is 0 Å². The van der Waals surface area contributed by atoms with E-state index in [2.05, 4.69) is 4.72 Å². The van der Waals surface area contributed by atoms with Crippen molar-refractivity contribution in [1.29, 1.82) is 0 Å². The van der Waals surface area contributed by atoms with Gasteiger partial charge >= 0.3 is 0 Å². The van der Waals surface area contributed by atoms with Gasteiger partial charge in [0.2, 0.25) is 10.0 Å². The maximum Gasteiger partial charge on any atom is 0.258 e. The normalized spacial score (nSPS) is 23.4. The highest BCUT2D eigenvalue weighted by Crippen LogP contribution is 2.62. The molecule has 9 heteroatoms. The van der Waals surface area contributed by atoms with E-state index in [-0.39, 0.29) is 24.2 Å². The van der Waals surface area contributed by atoms with E-state index in [9.17, 15) is 22.0 Å². The highest BCUT2D eigenvalue weighted by atomic mass is 32.2. The molecule has 204 valence electrons. The van der Waals surface area contributed by atoms with Crippen molar-refractivity contribution in [2.45, 2.75) is 69.2 Å². The van der Waals surface area contributed by atoms with Crippen LogP contribution in [-0.2, 0) is 22.0 Å². The maximum atomic E-state index is 13.9. The van der Waals surface area contributed by atoms with Gasteiger partial charge in [0.15, 0.2) is 0 Å². The topological polar surface area (TPSA) is 69.7 Å². The van der Waals surface area contributed by atoms with Crippen LogP contribution in [0.1, 0.15) is 72.9 Å². The van der Waals surface area contributed by atoms with E-state index in [0.717, 1.165) is 48.8 Å². The van der Waals surface area contributed by atoms with Gasteiger partial charge in [0, 0.05) is 61.4 Å². The van der Waals surface area contributed by atoms with Crippen LogP contribution in [0.5, 0.6) is 0 Å². The monoisotopic (exact) mass is 543 g/mol. The molecular formula is C29H35F2N3O3S. The Balaban J connectivity index is 1.26. The Bertz CT molecular complexity index is 1350. The lowest BCUT2D eigenvalue weighted by atomic mass is 9.66. The molecule has 1 amide bonds. The summed E-state index contributed by atoms with van der Waals surface area (Å²) in [5.41, 5.74) is 4.27. The fourth-order valence-electron chi connectivity index (χ4n) is 6.75. The Labute approximate surface area is 223 Å². The highest BCUT2D eigenvalue weighted by Gasteiger charge is 2.53. The largest absolute Gasteiger partial charge is 0.307 e. The number of alkyl halides is 2. The van der Waals surface area contributed by atoms with Crippen LogP contribution in [0, 0.1) is 5.41 Å². The van der Waals surface area contributed by atoms with Crippen LogP contribution in [0.4, 0.5) is 20.2 Å². The summed E-state index contributed by atoms with van der Waals surface area (Å²) in [5.74, 6) is -2.66. The molecular weight excluding hydrogens is 508 g/mol. The fourth-order valence-corrected chi connectivity index (χ4v) is 7.30. The predicted molar refractivity (Wildman–Crippen MR) is 144 cm³/mol. The molecule has 2 aliphatic heterocycles. The molecule has 38 heavy (non-hydrogen) atoms. The number of amides is 1. The third kappa shape index (κ3) is 5.07. The summed E-state index contributed by atoms with van der Waals surface area (Å²) in [6.07, 6.45) is 7.73. The Morgan fingerprint density at radius 1 is 0.947 bits per heavy atom.